The molecule has 170 valence electrons. The minimum Gasteiger partial charge on any atom is -0.348 e. The zero-order valence-electron chi connectivity index (χ0n) is 19.0. The summed E-state index contributed by atoms with van der Waals surface area (Å²) in [7, 11) is 0. The van der Waals surface area contributed by atoms with Crippen LogP contribution in [0.25, 0.3) is 11.5 Å². The van der Waals surface area contributed by atoms with Crippen LogP contribution in [0, 0.1) is 20.8 Å². The molecule has 1 saturated carbocycles. The molecule has 0 atom stereocenters. The highest BCUT2D eigenvalue weighted by molar-refractivity contribution is 5.94. The molecule has 1 N–H and O–H groups in total. The molecule has 33 heavy (non-hydrogen) atoms. The van der Waals surface area contributed by atoms with Gasteiger partial charge in [-0.25, -0.2) is 14.3 Å². The van der Waals surface area contributed by atoms with E-state index in [1.165, 1.54) is 0 Å². The Kier molecular flexibility index (Phi) is 5.32. The summed E-state index contributed by atoms with van der Waals surface area (Å²) in [6.45, 7) is 5.76. The van der Waals surface area contributed by atoms with E-state index in [4.69, 9.17) is 0 Å². The second-order valence-corrected chi connectivity index (χ2v) is 8.77. The van der Waals surface area contributed by atoms with Crippen molar-refractivity contribution >= 4 is 11.6 Å². The topological polar surface area (TPSA) is 99.1 Å². The minimum atomic E-state index is -0.117. The first kappa shape index (κ1) is 21.1. The summed E-state index contributed by atoms with van der Waals surface area (Å²) in [5, 5.41) is 12.3. The third kappa shape index (κ3) is 3.94. The number of imidazole rings is 1. The first-order valence-electron chi connectivity index (χ1n) is 11.3. The van der Waals surface area contributed by atoms with Gasteiger partial charge in [-0.05, 0) is 70.7 Å². The molecule has 1 aliphatic carbocycles. The number of amides is 1. The Morgan fingerprint density at radius 1 is 1.03 bits per heavy atom. The van der Waals surface area contributed by atoms with Gasteiger partial charge in [0, 0.05) is 24.0 Å². The predicted octanol–water partition coefficient (Wildman–Crippen LogP) is 2.92. The zero-order valence-corrected chi connectivity index (χ0v) is 19.0. The second kappa shape index (κ2) is 8.31. The van der Waals surface area contributed by atoms with E-state index in [-0.39, 0.29) is 23.6 Å². The van der Waals surface area contributed by atoms with E-state index in [9.17, 15) is 9.59 Å². The molecule has 1 amide bonds. The van der Waals surface area contributed by atoms with E-state index in [1.807, 2.05) is 55.6 Å². The van der Waals surface area contributed by atoms with E-state index in [0.29, 0.717) is 17.2 Å². The van der Waals surface area contributed by atoms with E-state index < -0.39 is 0 Å². The predicted molar refractivity (Wildman–Crippen MR) is 124 cm³/mol. The molecule has 5 rings (SSSR count). The summed E-state index contributed by atoms with van der Waals surface area (Å²) >= 11 is 0. The average molecular weight is 446 g/mol. The van der Waals surface area contributed by atoms with E-state index in [0.717, 1.165) is 42.7 Å². The minimum absolute atomic E-state index is 0.0000931. The van der Waals surface area contributed by atoms with E-state index in [2.05, 4.69) is 20.5 Å². The van der Waals surface area contributed by atoms with Gasteiger partial charge in [0.15, 0.2) is 5.82 Å². The number of rotatable bonds is 4. The number of aryl methyl sites for hydroxylation is 3. The molecule has 0 aliphatic heterocycles. The van der Waals surface area contributed by atoms with Gasteiger partial charge in [-0.15, -0.1) is 5.10 Å². The number of pyridine rings is 1. The zero-order chi connectivity index (χ0) is 23.1. The molecular formula is C24H27N7O2. The Bertz CT molecular complexity index is 1390. The van der Waals surface area contributed by atoms with Crippen molar-refractivity contribution in [2.24, 2.45) is 0 Å². The summed E-state index contributed by atoms with van der Waals surface area (Å²) in [6, 6.07) is 11.0. The summed E-state index contributed by atoms with van der Waals surface area (Å²) in [5.74, 6) is 0.523. The lowest BCUT2D eigenvalue weighted by Crippen LogP contribution is -2.40. The fraction of sp³-hybridized carbons (Fsp3) is 0.375. The second-order valence-electron chi connectivity index (χ2n) is 8.77. The van der Waals surface area contributed by atoms with Crippen LogP contribution in [0.2, 0.25) is 0 Å². The van der Waals surface area contributed by atoms with Crippen molar-refractivity contribution < 1.29 is 4.79 Å². The van der Waals surface area contributed by atoms with Crippen molar-refractivity contribution in [1.82, 2.24) is 34.3 Å². The maximum atomic E-state index is 13.0. The van der Waals surface area contributed by atoms with Crippen molar-refractivity contribution in [3.8, 4) is 5.82 Å². The van der Waals surface area contributed by atoms with Crippen LogP contribution in [0.3, 0.4) is 0 Å². The summed E-state index contributed by atoms with van der Waals surface area (Å²) < 4.78 is 5.16. The standard InChI is InChI=1S/C24H27N7O2/c1-15-14-16(2)30(27-15)21-11-12-22(32)31(28-21)19-9-7-18(8-10-19)26-24(33)23-17(3)25-20-6-4-5-13-29(20)23/h4-6,11-14,18-19H,7-10H2,1-3H3,(H,26,33). The SMILES string of the molecule is Cc1cc(C)n(-c2ccc(=O)n(C3CCC(NC(=O)c4c(C)nc5ccccn45)CC3)n2)n1. The number of nitrogens with one attached hydrogen (secondary N) is 1. The smallest absolute Gasteiger partial charge is 0.270 e. The van der Waals surface area contributed by atoms with Crippen LogP contribution in [0.15, 0.2) is 47.4 Å². The number of hydrogen-bond donors (Lipinski definition) is 1. The Labute approximate surface area is 191 Å². The summed E-state index contributed by atoms with van der Waals surface area (Å²) in [5.41, 5.74) is 3.81. The van der Waals surface area contributed by atoms with Crippen molar-refractivity contribution in [1.29, 1.82) is 0 Å². The highest BCUT2D eigenvalue weighted by atomic mass is 16.2. The molecule has 0 unspecified atom stereocenters. The Morgan fingerprint density at radius 3 is 2.55 bits per heavy atom. The van der Waals surface area contributed by atoms with Gasteiger partial charge < -0.3 is 5.32 Å². The highest BCUT2D eigenvalue weighted by Gasteiger charge is 2.27. The van der Waals surface area contributed by atoms with E-state index in [1.54, 1.807) is 21.5 Å². The molecule has 0 spiro atoms. The van der Waals surface area contributed by atoms with Gasteiger partial charge in [-0.3, -0.25) is 14.0 Å². The Morgan fingerprint density at radius 2 is 1.82 bits per heavy atom. The van der Waals surface area contributed by atoms with Crippen LogP contribution in [-0.4, -0.2) is 40.9 Å². The molecule has 4 aromatic rings. The molecule has 9 nitrogen and oxygen atoms in total. The maximum Gasteiger partial charge on any atom is 0.270 e. The molecule has 0 radical (unpaired) electrons. The number of aromatic nitrogens is 6. The molecule has 1 aliphatic rings. The average Bonchev–Trinajstić information content (AvgIpc) is 3.32. The monoisotopic (exact) mass is 445 g/mol. The fourth-order valence-electron chi connectivity index (χ4n) is 4.76. The first-order chi connectivity index (χ1) is 15.9. The molecule has 0 aromatic carbocycles. The van der Waals surface area contributed by atoms with Crippen LogP contribution < -0.4 is 10.9 Å². The lowest BCUT2D eigenvalue weighted by Gasteiger charge is -2.29. The van der Waals surface area contributed by atoms with Crippen LogP contribution in [0.5, 0.6) is 0 Å². The molecule has 0 bridgehead atoms. The van der Waals surface area contributed by atoms with Crippen LogP contribution >= 0.6 is 0 Å². The van der Waals surface area contributed by atoms with Gasteiger partial charge >= 0.3 is 0 Å². The van der Waals surface area contributed by atoms with Gasteiger partial charge in [0.2, 0.25) is 0 Å². The largest absolute Gasteiger partial charge is 0.348 e. The maximum absolute atomic E-state index is 13.0. The Balaban J connectivity index is 1.29. The summed E-state index contributed by atoms with van der Waals surface area (Å²) in [4.78, 5) is 30.0. The number of fused-ring (bicyclic) bond motifs is 1. The number of nitrogens with zero attached hydrogens (tertiary/aromatic N) is 6. The summed E-state index contributed by atoms with van der Waals surface area (Å²) in [6.07, 6.45) is 4.96. The van der Waals surface area contributed by atoms with E-state index >= 15 is 0 Å². The van der Waals surface area contributed by atoms with Crippen molar-refractivity contribution in [2.45, 2.75) is 58.5 Å². The molecule has 4 heterocycles. The van der Waals surface area contributed by atoms with Gasteiger partial charge in [0.25, 0.3) is 11.5 Å². The van der Waals surface area contributed by atoms with Gasteiger partial charge in [0.1, 0.15) is 11.3 Å². The normalized spacial score (nSPS) is 18.5. The fourth-order valence-corrected chi connectivity index (χ4v) is 4.76. The lowest BCUT2D eigenvalue weighted by atomic mass is 9.91. The van der Waals surface area contributed by atoms with Crippen LogP contribution in [0.4, 0.5) is 0 Å². The molecule has 0 saturated heterocycles. The number of carbonyl (C=O) groups is 1. The molecule has 9 heteroatoms. The van der Waals surface area contributed by atoms with Crippen molar-refractivity contribution in [3.05, 3.63) is 75.7 Å². The van der Waals surface area contributed by atoms with Crippen LogP contribution in [0.1, 0.15) is 59.3 Å². The lowest BCUT2D eigenvalue weighted by molar-refractivity contribution is 0.0914. The third-order valence-corrected chi connectivity index (χ3v) is 6.33. The third-order valence-electron chi connectivity index (χ3n) is 6.33. The molecular weight excluding hydrogens is 418 g/mol. The van der Waals surface area contributed by atoms with Gasteiger partial charge in [-0.1, -0.05) is 6.07 Å². The van der Waals surface area contributed by atoms with Crippen molar-refractivity contribution in [2.75, 3.05) is 0 Å². The Hall–Kier alpha value is -3.75. The number of carbonyl (C=O) groups excluding carboxylic acids is 1. The van der Waals surface area contributed by atoms with Gasteiger partial charge in [0.05, 0.1) is 17.4 Å². The molecule has 1 fully saturated rings. The van der Waals surface area contributed by atoms with Gasteiger partial charge in [-0.2, -0.15) is 5.10 Å². The quantitative estimate of drug-likeness (QED) is 0.521. The first-order valence-corrected chi connectivity index (χ1v) is 11.3. The van der Waals surface area contributed by atoms with Crippen molar-refractivity contribution in [3.63, 3.8) is 0 Å². The van der Waals surface area contributed by atoms with Crippen LogP contribution in [-0.2, 0) is 0 Å². The number of hydrogen-bond acceptors (Lipinski definition) is 5. The molecule has 4 aromatic heterocycles. The highest BCUT2D eigenvalue weighted by Crippen LogP contribution is 2.27.